The number of aliphatic imine (C=N–C) groups is 1. The van der Waals surface area contributed by atoms with Crippen molar-refractivity contribution in [2.45, 2.75) is 39.0 Å². The SMILES string of the molecule is CCNC(=NCCCN1CCCCCC1=O)NCCNC(=O)c1ccccc1. The van der Waals surface area contributed by atoms with Crippen LogP contribution in [0.5, 0.6) is 0 Å². The lowest BCUT2D eigenvalue weighted by atomic mass is 10.2. The third-order valence-electron chi connectivity index (χ3n) is 4.61. The minimum Gasteiger partial charge on any atom is -0.357 e. The highest BCUT2D eigenvalue weighted by atomic mass is 16.2. The lowest BCUT2D eigenvalue weighted by Gasteiger charge is -2.20. The van der Waals surface area contributed by atoms with Crippen molar-refractivity contribution in [1.82, 2.24) is 20.9 Å². The van der Waals surface area contributed by atoms with Crippen molar-refractivity contribution < 1.29 is 9.59 Å². The van der Waals surface area contributed by atoms with Crippen molar-refractivity contribution in [3.8, 4) is 0 Å². The molecule has 0 aliphatic carbocycles. The third kappa shape index (κ3) is 7.98. The van der Waals surface area contributed by atoms with Gasteiger partial charge >= 0.3 is 0 Å². The minimum atomic E-state index is -0.0774. The molecule has 7 heteroatoms. The van der Waals surface area contributed by atoms with Crippen LogP contribution in [0.2, 0.25) is 0 Å². The molecule has 0 spiro atoms. The molecule has 0 atom stereocenters. The Balaban J connectivity index is 1.67. The number of carbonyl (C=O) groups excluding carboxylic acids is 2. The van der Waals surface area contributed by atoms with Crippen LogP contribution < -0.4 is 16.0 Å². The summed E-state index contributed by atoms with van der Waals surface area (Å²) >= 11 is 0. The number of carbonyl (C=O) groups is 2. The zero-order valence-corrected chi connectivity index (χ0v) is 16.9. The average Bonchev–Trinajstić information content (AvgIpc) is 2.93. The van der Waals surface area contributed by atoms with Gasteiger partial charge in [-0.05, 0) is 38.3 Å². The first kappa shape index (κ1) is 21.7. The first-order chi connectivity index (χ1) is 13.7. The fraction of sp³-hybridized carbons (Fsp3) is 0.571. The maximum absolute atomic E-state index is 12.0. The van der Waals surface area contributed by atoms with Gasteiger partial charge in [0.1, 0.15) is 0 Å². The quantitative estimate of drug-likeness (QED) is 0.342. The van der Waals surface area contributed by atoms with E-state index in [-0.39, 0.29) is 11.8 Å². The molecule has 154 valence electrons. The summed E-state index contributed by atoms with van der Waals surface area (Å²) in [5.41, 5.74) is 0.658. The fourth-order valence-electron chi connectivity index (χ4n) is 3.12. The van der Waals surface area contributed by atoms with Gasteiger partial charge in [-0.2, -0.15) is 0 Å². The summed E-state index contributed by atoms with van der Waals surface area (Å²) in [6.45, 7) is 6.21. The van der Waals surface area contributed by atoms with Crippen LogP contribution in [-0.2, 0) is 4.79 Å². The maximum Gasteiger partial charge on any atom is 0.251 e. The standard InChI is InChI=1S/C21H33N5O2/c1-2-22-21(24-13-9-17-26-16-8-4-7-12-19(26)27)25-15-14-23-20(28)18-10-5-3-6-11-18/h3,5-6,10-11H,2,4,7-9,12-17H2,1H3,(H,23,28)(H2,22,24,25). The van der Waals surface area contributed by atoms with Crippen LogP contribution in [0.4, 0.5) is 0 Å². The van der Waals surface area contributed by atoms with Crippen LogP contribution >= 0.6 is 0 Å². The van der Waals surface area contributed by atoms with Gasteiger partial charge < -0.3 is 20.9 Å². The third-order valence-corrected chi connectivity index (χ3v) is 4.61. The highest BCUT2D eigenvalue weighted by Gasteiger charge is 2.15. The summed E-state index contributed by atoms with van der Waals surface area (Å²) in [5.74, 6) is 0.936. The van der Waals surface area contributed by atoms with Crippen LogP contribution in [0.25, 0.3) is 0 Å². The summed E-state index contributed by atoms with van der Waals surface area (Å²) in [6, 6.07) is 9.18. The van der Waals surface area contributed by atoms with Gasteiger partial charge in [-0.1, -0.05) is 24.6 Å². The van der Waals surface area contributed by atoms with E-state index in [0.717, 1.165) is 51.3 Å². The van der Waals surface area contributed by atoms with E-state index in [2.05, 4.69) is 20.9 Å². The van der Waals surface area contributed by atoms with E-state index in [4.69, 9.17) is 0 Å². The molecule has 0 aromatic heterocycles. The minimum absolute atomic E-state index is 0.0774. The van der Waals surface area contributed by atoms with E-state index in [1.807, 2.05) is 30.0 Å². The first-order valence-electron chi connectivity index (χ1n) is 10.3. The molecule has 1 aliphatic heterocycles. The number of nitrogens with one attached hydrogen (secondary N) is 3. The van der Waals surface area contributed by atoms with Crippen LogP contribution in [0.1, 0.15) is 49.4 Å². The normalized spacial score (nSPS) is 15.1. The van der Waals surface area contributed by atoms with Gasteiger partial charge in [0.2, 0.25) is 5.91 Å². The van der Waals surface area contributed by atoms with Gasteiger partial charge in [0.25, 0.3) is 5.91 Å². The zero-order valence-electron chi connectivity index (χ0n) is 16.9. The summed E-state index contributed by atoms with van der Waals surface area (Å²) < 4.78 is 0. The number of guanidine groups is 1. The highest BCUT2D eigenvalue weighted by molar-refractivity contribution is 5.94. The second-order valence-electron chi connectivity index (χ2n) is 6.85. The average molecular weight is 388 g/mol. The van der Waals surface area contributed by atoms with Gasteiger partial charge in [0.05, 0.1) is 0 Å². The monoisotopic (exact) mass is 387 g/mol. The number of benzene rings is 1. The predicted molar refractivity (Wildman–Crippen MR) is 112 cm³/mol. The Hall–Kier alpha value is -2.57. The van der Waals surface area contributed by atoms with Crippen molar-refractivity contribution in [3.63, 3.8) is 0 Å². The molecule has 1 saturated heterocycles. The number of hydrogen-bond donors (Lipinski definition) is 3. The fourth-order valence-corrected chi connectivity index (χ4v) is 3.12. The second-order valence-corrected chi connectivity index (χ2v) is 6.85. The molecule has 2 amide bonds. The molecule has 1 fully saturated rings. The van der Waals surface area contributed by atoms with E-state index < -0.39 is 0 Å². The van der Waals surface area contributed by atoms with E-state index in [1.54, 1.807) is 12.1 Å². The van der Waals surface area contributed by atoms with E-state index in [9.17, 15) is 9.59 Å². The molecule has 0 unspecified atom stereocenters. The van der Waals surface area contributed by atoms with Crippen molar-refractivity contribution in [1.29, 1.82) is 0 Å². The molecule has 3 N–H and O–H groups in total. The second kappa shape index (κ2) is 12.8. The van der Waals surface area contributed by atoms with Gasteiger partial charge in [-0.25, -0.2) is 0 Å². The molecule has 2 rings (SSSR count). The van der Waals surface area contributed by atoms with Gasteiger partial charge in [0, 0.05) is 51.3 Å². The largest absolute Gasteiger partial charge is 0.357 e. The Labute approximate surface area is 168 Å². The van der Waals surface area contributed by atoms with Gasteiger partial charge in [0.15, 0.2) is 5.96 Å². The van der Waals surface area contributed by atoms with E-state index in [1.165, 1.54) is 0 Å². The molecular weight excluding hydrogens is 354 g/mol. The van der Waals surface area contributed by atoms with Crippen molar-refractivity contribution in [3.05, 3.63) is 35.9 Å². The lowest BCUT2D eigenvalue weighted by molar-refractivity contribution is -0.130. The number of rotatable bonds is 9. The first-order valence-corrected chi connectivity index (χ1v) is 10.3. The van der Waals surface area contributed by atoms with Crippen LogP contribution in [0.3, 0.4) is 0 Å². The van der Waals surface area contributed by atoms with Crippen molar-refractivity contribution in [2.24, 2.45) is 4.99 Å². The Morgan fingerprint density at radius 3 is 2.64 bits per heavy atom. The van der Waals surface area contributed by atoms with E-state index in [0.29, 0.717) is 31.6 Å². The highest BCUT2D eigenvalue weighted by Crippen LogP contribution is 2.11. The number of hydrogen-bond acceptors (Lipinski definition) is 3. The molecular formula is C21H33N5O2. The predicted octanol–water partition coefficient (Wildman–Crippen LogP) is 1.76. The summed E-state index contributed by atoms with van der Waals surface area (Å²) in [4.78, 5) is 30.6. The van der Waals surface area contributed by atoms with E-state index >= 15 is 0 Å². The molecule has 7 nitrogen and oxygen atoms in total. The number of nitrogens with zero attached hydrogens (tertiary/aromatic N) is 2. The molecule has 1 heterocycles. The Morgan fingerprint density at radius 1 is 1.07 bits per heavy atom. The van der Waals surface area contributed by atoms with Crippen molar-refractivity contribution in [2.75, 3.05) is 39.3 Å². The van der Waals surface area contributed by atoms with Gasteiger partial charge in [-0.15, -0.1) is 0 Å². The Kier molecular flexibility index (Phi) is 9.89. The smallest absolute Gasteiger partial charge is 0.251 e. The molecule has 1 aromatic rings. The zero-order chi connectivity index (χ0) is 20.0. The molecule has 28 heavy (non-hydrogen) atoms. The van der Waals surface area contributed by atoms with Crippen LogP contribution in [-0.4, -0.2) is 61.9 Å². The summed E-state index contributed by atoms with van der Waals surface area (Å²) in [7, 11) is 0. The molecule has 1 aliphatic rings. The topological polar surface area (TPSA) is 85.8 Å². The molecule has 0 bridgehead atoms. The molecule has 1 aromatic carbocycles. The number of amides is 2. The molecule has 0 radical (unpaired) electrons. The summed E-state index contributed by atoms with van der Waals surface area (Å²) in [5, 5.41) is 9.32. The summed E-state index contributed by atoms with van der Waals surface area (Å²) in [6.07, 6.45) is 4.81. The maximum atomic E-state index is 12.0. The molecule has 0 saturated carbocycles. The Bertz CT molecular complexity index is 633. The lowest BCUT2D eigenvalue weighted by Crippen LogP contribution is -2.41. The van der Waals surface area contributed by atoms with Crippen LogP contribution in [0, 0.1) is 0 Å². The van der Waals surface area contributed by atoms with Crippen molar-refractivity contribution >= 4 is 17.8 Å². The Morgan fingerprint density at radius 2 is 1.86 bits per heavy atom. The van der Waals surface area contributed by atoms with Crippen LogP contribution in [0.15, 0.2) is 35.3 Å². The number of likely N-dealkylation sites (tertiary alicyclic amines) is 1. The van der Waals surface area contributed by atoms with Gasteiger partial charge in [-0.3, -0.25) is 14.6 Å².